The summed E-state index contributed by atoms with van der Waals surface area (Å²) in [5, 5.41) is 7.80. The van der Waals surface area contributed by atoms with Gasteiger partial charge in [-0.3, -0.25) is 0 Å². The molecule has 3 heteroatoms. The minimum atomic E-state index is 0.557. The van der Waals surface area contributed by atoms with E-state index in [1.165, 1.54) is 76.2 Å². The van der Waals surface area contributed by atoms with Gasteiger partial charge in [-0.2, -0.15) is 0 Å². The Kier molecular flexibility index (Phi) is 9.86. The molecule has 24 heavy (non-hydrogen) atoms. The van der Waals surface area contributed by atoms with Crippen LogP contribution < -0.4 is 10.6 Å². The number of nitrogens with one attached hydrogen (secondary N) is 2. The summed E-state index contributed by atoms with van der Waals surface area (Å²) in [5.41, 5.74) is 1.36. The van der Waals surface area contributed by atoms with Crippen LogP contribution in [0.25, 0.3) is 0 Å². The third-order valence-electron chi connectivity index (χ3n) is 4.98. The normalized spacial score (nSPS) is 18.2. The molecular weight excluding hydrogens is 312 g/mol. The van der Waals surface area contributed by atoms with Gasteiger partial charge in [-0.05, 0) is 37.0 Å². The third kappa shape index (κ3) is 8.68. The number of hydrogen-bond acceptors (Lipinski definition) is 1. The first-order valence-electron chi connectivity index (χ1n) is 9.93. The summed E-state index contributed by atoms with van der Waals surface area (Å²) >= 11 is 5.52. The maximum absolute atomic E-state index is 5.52. The average Bonchev–Trinajstić information content (AvgIpc) is 2.58. The highest BCUT2D eigenvalue weighted by Crippen LogP contribution is 2.16. The molecule has 1 saturated carbocycles. The van der Waals surface area contributed by atoms with Gasteiger partial charge in [0.2, 0.25) is 0 Å². The van der Waals surface area contributed by atoms with Gasteiger partial charge in [0.25, 0.3) is 0 Å². The van der Waals surface area contributed by atoms with Crippen molar-refractivity contribution in [3.63, 3.8) is 0 Å². The van der Waals surface area contributed by atoms with Crippen LogP contribution in [0.1, 0.15) is 76.2 Å². The highest BCUT2D eigenvalue weighted by atomic mass is 32.1. The van der Waals surface area contributed by atoms with Gasteiger partial charge < -0.3 is 10.6 Å². The predicted octanol–water partition coefficient (Wildman–Crippen LogP) is 5.37. The highest BCUT2D eigenvalue weighted by Gasteiger charge is 2.10. The van der Waals surface area contributed by atoms with E-state index in [0.29, 0.717) is 6.04 Å². The van der Waals surface area contributed by atoms with Gasteiger partial charge in [0, 0.05) is 12.6 Å². The molecule has 0 unspecified atom stereocenters. The topological polar surface area (TPSA) is 24.1 Å². The summed E-state index contributed by atoms with van der Waals surface area (Å²) in [6, 6.07) is 11.2. The largest absolute Gasteiger partial charge is 0.362 e. The lowest BCUT2D eigenvalue weighted by Crippen LogP contribution is -2.42. The fourth-order valence-electron chi connectivity index (χ4n) is 3.51. The van der Waals surface area contributed by atoms with Crippen LogP contribution in [0.3, 0.4) is 0 Å². The van der Waals surface area contributed by atoms with Gasteiger partial charge in [-0.25, -0.2) is 0 Å². The number of hydrogen-bond donors (Lipinski definition) is 2. The number of rotatable bonds is 4. The lowest BCUT2D eigenvalue weighted by atomic mass is 9.98. The molecule has 0 heterocycles. The van der Waals surface area contributed by atoms with Crippen LogP contribution >= 0.6 is 12.2 Å². The van der Waals surface area contributed by atoms with Crippen LogP contribution in [0.5, 0.6) is 0 Å². The molecule has 0 bridgehead atoms. The van der Waals surface area contributed by atoms with E-state index in [1.807, 2.05) is 0 Å². The summed E-state index contributed by atoms with van der Waals surface area (Å²) < 4.78 is 0. The highest BCUT2D eigenvalue weighted by molar-refractivity contribution is 7.80. The van der Waals surface area contributed by atoms with E-state index < -0.39 is 0 Å². The van der Waals surface area contributed by atoms with Crippen LogP contribution in [0.4, 0.5) is 0 Å². The molecule has 2 nitrogen and oxygen atoms in total. The molecule has 1 aliphatic carbocycles. The Labute approximate surface area is 153 Å². The maximum atomic E-state index is 5.52. The molecule has 0 aromatic heterocycles. The first kappa shape index (κ1) is 19.2. The van der Waals surface area contributed by atoms with E-state index in [-0.39, 0.29) is 0 Å². The van der Waals surface area contributed by atoms with Crippen molar-refractivity contribution in [3.05, 3.63) is 35.9 Å². The standard InChI is InChI=1S/C21H34N2S/c24-21(22-18-17-19-13-9-8-10-14-19)23-20-15-11-6-4-2-1-3-5-7-12-16-20/h8-10,13-14,20H,1-7,11-12,15-18H2,(H2,22,23,24). The Bertz CT molecular complexity index is 434. The van der Waals surface area contributed by atoms with Crippen LogP contribution in [0, 0.1) is 0 Å². The zero-order valence-electron chi connectivity index (χ0n) is 15.1. The first-order chi connectivity index (χ1) is 11.8. The third-order valence-corrected chi connectivity index (χ3v) is 5.24. The second kappa shape index (κ2) is 12.3. The first-order valence-corrected chi connectivity index (χ1v) is 10.3. The molecule has 1 aromatic carbocycles. The predicted molar refractivity (Wildman–Crippen MR) is 108 cm³/mol. The molecule has 0 radical (unpaired) electrons. The van der Waals surface area contributed by atoms with E-state index in [0.717, 1.165) is 18.1 Å². The Morgan fingerprint density at radius 1 is 0.833 bits per heavy atom. The SMILES string of the molecule is S=C(NCCc1ccccc1)NC1CCCCCCCCCCC1. The van der Waals surface area contributed by atoms with Gasteiger partial charge in [0.15, 0.2) is 5.11 Å². The fraction of sp³-hybridized carbons (Fsp3) is 0.667. The van der Waals surface area contributed by atoms with E-state index in [2.05, 4.69) is 41.0 Å². The minimum Gasteiger partial charge on any atom is -0.362 e. The molecule has 0 atom stereocenters. The van der Waals surface area contributed by atoms with Gasteiger partial charge in [-0.15, -0.1) is 0 Å². The summed E-state index contributed by atoms with van der Waals surface area (Å²) in [4.78, 5) is 0. The summed E-state index contributed by atoms with van der Waals surface area (Å²) in [6.07, 6.45) is 16.1. The van der Waals surface area contributed by atoms with Crippen LogP contribution in [-0.4, -0.2) is 17.7 Å². The molecule has 1 aromatic rings. The molecule has 0 spiro atoms. The Morgan fingerprint density at radius 2 is 1.38 bits per heavy atom. The van der Waals surface area contributed by atoms with E-state index in [9.17, 15) is 0 Å². The molecule has 134 valence electrons. The summed E-state index contributed by atoms with van der Waals surface area (Å²) in [6.45, 7) is 0.905. The van der Waals surface area contributed by atoms with Crippen molar-refractivity contribution in [1.82, 2.24) is 10.6 Å². The van der Waals surface area contributed by atoms with Crippen molar-refractivity contribution in [1.29, 1.82) is 0 Å². The van der Waals surface area contributed by atoms with Crippen molar-refractivity contribution in [2.75, 3.05) is 6.54 Å². The van der Waals surface area contributed by atoms with Crippen molar-refractivity contribution < 1.29 is 0 Å². The van der Waals surface area contributed by atoms with Crippen LogP contribution in [0.15, 0.2) is 30.3 Å². The quantitative estimate of drug-likeness (QED) is 0.717. The number of benzene rings is 1. The molecule has 1 fully saturated rings. The molecule has 0 saturated heterocycles. The van der Waals surface area contributed by atoms with Gasteiger partial charge >= 0.3 is 0 Å². The zero-order chi connectivity index (χ0) is 16.9. The molecule has 1 aliphatic rings. The Hall–Kier alpha value is -1.09. The van der Waals surface area contributed by atoms with Gasteiger partial charge in [0.05, 0.1) is 0 Å². The molecular formula is C21H34N2S. The Morgan fingerprint density at radius 3 is 1.96 bits per heavy atom. The van der Waals surface area contributed by atoms with Crippen LogP contribution in [0.2, 0.25) is 0 Å². The van der Waals surface area contributed by atoms with Crippen molar-refractivity contribution in [3.8, 4) is 0 Å². The van der Waals surface area contributed by atoms with Crippen molar-refractivity contribution >= 4 is 17.3 Å². The minimum absolute atomic E-state index is 0.557. The fourth-order valence-corrected chi connectivity index (χ4v) is 3.78. The smallest absolute Gasteiger partial charge is 0.166 e. The van der Waals surface area contributed by atoms with E-state index >= 15 is 0 Å². The van der Waals surface area contributed by atoms with E-state index in [4.69, 9.17) is 12.2 Å². The second-order valence-corrected chi connectivity index (χ2v) is 7.50. The number of thiocarbonyl (C=S) groups is 1. The zero-order valence-corrected chi connectivity index (χ0v) is 15.9. The molecule has 2 N–H and O–H groups in total. The van der Waals surface area contributed by atoms with Gasteiger partial charge in [-0.1, -0.05) is 88.1 Å². The van der Waals surface area contributed by atoms with E-state index in [1.54, 1.807) is 0 Å². The van der Waals surface area contributed by atoms with Gasteiger partial charge in [0.1, 0.15) is 0 Å². The summed E-state index contributed by atoms with van der Waals surface area (Å²) in [5.74, 6) is 0. The average molecular weight is 347 g/mol. The second-order valence-electron chi connectivity index (χ2n) is 7.09. The van der Waals surface area contributed by atoms with Crippen molar-refractivity contribution in [2.24, 2.45) is 0 Å². The molecule has 2 rings (SSSR count). The van der Waals surface area contributed by atoms with Crippen molar-refractivity contribution in [2.45, 2.75) is 83.1 Å². The molecule has 0 amide bonds. The monoisotopic (exact) mass is 346 g/mol. The lowest BCUT2D eigenvalue weighted by molar-refractivity contribution is 0.441. The Balaban J connectivity index is 1.66. The van der Waals surface area contributed by atoms with Crippen LogP contribution in [-0.2, 0) is 6.42 Å². The summed E-state index contributed by atoms with van der Waals surface area (Å²) in [7, 11) is 0. The molecule has 0 aliphatic heterocycles. The maximum Gasteiger partial charge on any atom is 0.166 e. The lowest BCUT2D eigenvalue weighted by Gasteiger charge is -2.21.